The number of aliphatic carboxylic acids is 1. The molecule has 7 heteroatoms. The molecule has 2 N–H and O–H groups in total. The topological polar surface area (TPSA) is 92.7 Å². The zero-order chi connectivity index (χ0) is 18.8. The zero-order valence-electron chi connectivity index (χ0n) is 15.2. The number of amides is 1. The highest BCUT2D eigenvalue weighted by Gasteiger charge is 2.37. The van der Waals surface area contributed by atoms with E-state index in [4.69, 9.17) is 4.74 Å². The van der Waals surface area contributed by atoms with Gasteiger partial charge < -0.3 is 15.2 Å². The number of carboxylic acids is 1. The number of hydrogen-bond donors (Lipinski definition) is 2. The normalized spacial score (nSPS) is 22.1. The standard InChI is InChI=1S/C19H25NO5S/c1-10(2)25-19(24)15-13-8-5-9-14(13)26-17(15)20-16(21)11-6-3-4-7-12(11)18(22)23/h10-12H,3-9H2,1-2H3,(H,20,21)(H,22,23)/t11-,12-/m1/s1. The highest BCUT2D eigenvalue weighted by atomic mass is 32.1. The Morgan fingerprint density at radius 1 is 1.12 bits per heavy atom. The molecule has 0 spiro atoms. The first kappa shape index (κ1) is 18.9. The van der Waals surface area contributed by atoms with Crippen LogP contribution in [0.2, 0.25) is 0 Å². The number of carboxylic acid groups (broad SMARTS) is 1. The number of ether oxygens (including phenoxy) is 1. The lowest BCUT2D eigenvalue weighted by atomic mass is 9.79. The Morgan fingerprint density at radius 3 is 2.46 bits per heavy atom. The van der Waals surface area contributed by atoms with Crippen molar-refractivity contribution in [3.8, 4) is 0 Å². The fraction of sp³-hybridized carbons (Fsp3) is 0.632. The molecule has 2 aliphatic carbocycles. The van der Waals surface area contributed by atoms with Gasteiger partial charge in [0.05, 0.1) is 23.5 Å². The quantitative estimate of drug-likeness (QED) is 0.762. The van der Waals surface area contributed by atoms with Crippen LogP contribution in [0.25, 0.3) is 0 Å². The van der Waals surface area contributed by atoms with E-state index in [2.05, 4.69) is 5.32 Å². The molecule has 0 radical (unpaired) electrons. The largest absolute Gasteiger partial charge is 0.481 e. The monoisotopic (exact) mass is 379 g/mol. The number of esters is 1. The Bertz CT molecular complexity index is 724. The van der Waals surface area contributed by atoms with Gasteiger partial charge in [-0.25, -0.2) is 4.79 Å². The summed E-state index contributed by atoms with van der Waals surface area (Å²) >= 11 is 1.43. The first-order valence-corrected chi connectivity index (χ1v) is 10.1. The molecule has 0 aliphatic heterocycles. The summed E-state index contributed by atoms with van der Waals surface area (Å²) in [6, 6.07) is 0. The fourth-order valence-electron chi connectivity index (χ4n) is 3.93. The van der Waals surface area contributed by atoms with E-state index in [9.17, 15) is 19.5 Å². The highest BCUT2D eigenvalue weighted by molar-refractivity contribution is 7.17. The summed E-state index contributed by atoms with van der Waals surface area (Å²) in [5.74, 6) is -2.82. The molecule has 3 rings (SSSR count). The van der Waals surface area contributed by atoms with Crippen molar-refractivity contribution in [2.45, 2.75) is 64.9 Å². The maximum absolute atomic E-state index is 12.8. The molecule has 1 amide bonds. The fourth-order valence-corrected chi connectivity index (χ4v) is 5.21. The van der Waals surface area contributed by atoms with Gasteiger partial charge in [0, 0.05) is 4.88 Å². The molecule has 0 saturated heterocycles. The van der Waals surface area contributed by atoms with E-state index in [-0.39, 0.29) is 12.0 Å². The molecule has 1 fully saturated rings. The van der Waals surface area contributed by atoms with E-state index in [0.29, 0.717) is 23.4 Å². The molecular weight excluding hydrogens is 354 g/mol. The minimum absolute atomic E-state index is 0.238. The van der Waals surface area contributed by atoms with Crippen LogP contribution < -0.4 is 5.32 Å². The first-order valence-electron chi connectivity index (χ1n) is 9.27. The first-order chi connectivity index (χ1) is 12.4. The number of thiophene rings is 1. The Kier molecular flexibility index (Phi) is 5.65. The number of aryl methyl sites for hydroxylation is 1. The van der Waals surface area contributed by atoms with Crippen molar-refractivity contribution in [1.82, 2.24) is 0 Å². The van der Waals surface area contributed by atoms with Gasteiger partial charge in [-0.2, -0.15) is 0 Å². The van der Waals surface area contributed by atoms with Gasteiger partial charge in [-0.1, -0.05) is 12.8 Å². The summed E-state index contributed by atoms with van der Waals surface area (Å²) in [7, 11) is 0. The molecule has 142 valence electrons. The van der Waals surface area contributed by atoms with Crippen molar-refractivity contribution in [3.05, 3.63) is 16.0 Å². The van der Waals surface area contributed by atoms with Gasteiger partial charge in [-0.05, 0) is 51.5 Å². The van der Waals surface area contributed by atoms with E-state index < -0.39 is 23.8 Å². The molecule has 1 saturated carbocycles. The van der Waals surface area contributed by atoms with Gasteiger partial charge in [0.25, 0.3) is 0 Å². The third-order valence-corrected chi connectivity index (χ3v) is 6.33. The average Bonchev–Trinajstić information content (AvgIpc) is 3.14. The Balaban J connectivity index is 1.84. The van der Waals surface area contributed by atoms with E-state index in [1.165, 1.54) is 11.3 Å². The summed E-state index contributed by atoms with van der Waals surface area (Å²) in [5, 5.41) is 12.8. The molecule has 0 bridgehead atoms. The smallest absolute Gasteiger partial charge is 0.341 e. The van der Waals surface area contributed by atoms with Crippen molar-refractivity contribution in [2.24, 2.45) is 11.8 Å². The van der Waals surface area contributed by atoms with Crippen molar-refractivity contribution in [1.29, 1.82) is 0 Å². The van der Waals surface area contributed by atoms with Crippen LogP contribution in [0.15, 0.2) is 0 Å². The van der Waals surface area contributed by atoms with E-state index in [0.717, 1.165) is 42.5 Å². The Hall–Kier alpha value is -1.89. The summed E-state index contributed by atoms with van der Waals surface area (Å²) < 4.78 is 5.37. The Labute approximate surface area is 156 Å². The van der Waals surface area contributed by atoms with Gasteiger partial charge in [-0.3, -0.25) is 9.59 Å². The molecule has 0 aromatic carbocycles. The van der Waals surface area contributed by atoms with Gasteiger partial charge in [-0.15, -0.1) is 11.3 Å². The van der Waals surface area contributed by atoms with Crippen molar-refractivity contribution >= 4 is 34.2 Å². The van der Waals surface area contributed by atoms with Crippen molar-refractivity contribution in [3.63, 3.8) is 0 Å². The highest BCUT2D eigenvalue weighted by Crippen LogP contribution is 2.40. The second kappa shape index (κ2) is 7.78. The summed E-state index contributed by atoms with van der Waals surface area (Å²) in [4.78, 5) is 38.0. The molecule has 1 aromatic heterocycles. The molecular formula is C19H25NO5S. The van der Waals surface area contributed by atoms with Crippen LogP contribution in [0.4, 0.5) is 5.00 Å². The van der Waals surface area contributed by atoms with Crippen LogP contribution in [0.3, 0.4) is 0 Å². The predicted molar refractivity (Wildman–Crippen MR) is 98.6 cm³/mol. The van der Waals surface area contributed by atoms with Crippen LogP contribution in [0.5, 0.6) is 0 Å². The molecule has 26 heavy (non-hydrogen) atoms. The van der Waals surface area contributed by atoms with Crippen LogP contribution >= 0.6 is 11.3 Å². The number of fused-ring (bicyclic) bond motifs is 1. The maximum atomic E-state index is 12.8. The third kappa shape index (κ3) is 3.77. The van der Waals surface area contributed by atoms with Crippen molar-refractivity contribution < 1.29 is 24.2 Å². The number of hydrogen-bond acceptors (Lipinski definition) is 5. The van der Waals surface area contributed by atoms with Gasteiger partial charge >= 0.3 is 11.9 Å². The Morgan fingerprint density at radius 2 is 1.81 bits per heavy atom. The minimum Gasteiger partial charge on any atom is -0.481 e. The van der Waals surface area contributed by atoms with Gasteiger partial charge in [0.2, 0.25) is 5.91 Å². The van der Waals surface area contributed by atoms with E-state index in [1.54, 1.807) is 13.8 Å². The SMILES string of the molecule is CC(C)OC(=O)c1c(NC(=O)[C@@H]2CCCC[C@H]2C(=O)O)sc2c1CCC2. The lowest BCUT2D eigenvalue weighted by molar-refractivity contribution is -0.147. The second-order valence-electron chi connectivity index (χ2n) is 7.34. The van der Waals surface area contributed by atoms with Crippen LogP contribution in [-0.2, 0) is 27.2 Å². The summed E-state index contributed by atoms with van der Waals surface area (Å²) in [6.45, 7) is 3.59. The van der Waals surface area contributed by atoms with Crippen LogP contribution in [0.1, 0.15) is 66.8 Å². The lowest BCUT2D eigenvalue weighted by Gasteiger charge is -2.27. The van der Waals surface area contributed by atoms with Crippen molar-refractivity contribution in [2.75, 3.05) is 5.32 Å². The molecule has 1 heterocycles. The average molecular weight is 379 g/mol. The number of nitrogens with one attached hydrogen (secondary N) is 1. The number of anilines is 1. The van der Waals surface area contributed by atoms with Crippen LogP contribution in [0, 0.1) is 11.8 Å². The minimum atomic E-state index is -0.919. The number of rotatable bonds is 5. The number of carbonyl (C=O) groups excluding carboxylic acids is 2. The molecule has 6 nitrogen and oxygen atoms in total. The lowest BCUT2D eigenvalue weighted by Crippen LogP contribution is -2.36. The molecule has 2 aliphatic rings. The number of carbonyl (C=O) groups is 3. The second-order valence-corrected chi connectivity index (χ2v) is 8.45. The van der Waals surface area contributed by atoms with Crippen LogP contribution in [-0.4, -0.2) is 29.1 Å². The van der Waals surface area contributed by atoms with E-state index >= 15 is 0 Å². The molecule has 1 aromatic rings. The summed E-state index contributed by atoms with van der Waals surface area (Å²) in [5.41, 5.74) is 1.45. The van der Waals surface area contributed by atoms with Gasteiger partial charge in [0.15, 0.2) is 0 Å². The molecule has 2 atom stereocenters. The van der Waals surface area contributed by atoms with Gasteiger partial charge in [0.1, 0.15) is 5.00 Å². The zero-order valence-corrected chi connectivity index (χ0v) is 16.0. The third-order valence-electron chi connectivity index (χ3n) is 5.12. The summed E-state index contributed by atoms with van der Waals surface area (Å²) in [6.07, 6.45) is 5.25. The maximum Gasteiger partial charge on any atom is 0.341 e. The van der Waals surface area contributed by atoms with E-state index in [1.807, 2.05) is 0 Å². The molecule has 0 unspecified atom stereocenters. The predicted octanol–water partition coefficient (Wildman–Crippen LogP) is 3.63.